The van der Waals surface area contributed by atoms with E-state index in [2.05, 4.69) is 22.1 Å². The first-order valence-corrected chi connectivity index (χ1v) is 10.8. The van der Waals surface area contributed by atoms with Crippen LogP contribution in [0.4, 0.5) is 0 Å². The molecule has 0 fully saturated rings. The molecule has 4 heteroatoms. The van der Waals surface area contributed by atoms with Crippen molar-refractivity contribution in [3.05, 3.63) is 121 Å². The van der Waals surface area contributed by atoms with Crippen LogP contribution in [0.2, 0.25) is 0 Å². The standard InChI is InChI=1S/C18H12NS.C11H8N.Ir/c1-12-9-10-16(19-11-12)15-7-4-6-14-13-5-2-3-8-17(13)20-18(14)15;1-2-6-10(7-3-1)11-8-4-5-9-12-11;/h2-6,8-11H,1H3;1-6,8-9H;/q2*-1;/i1D3,9D,10D;;. The van der Waals surface area contributed by atoms with Crippen molar-refractivity contribution in [1.29, 1.82) is 0 Å². The van der Waals surface area contributed by atoms with Crippen LogP contribution in [0.1, 0.15) is 12.4 Å². The van der Waals surface area contributed by atoms with E-state index in [0.717, 1.165) is 31.4 Å². The van der Waals surface area contributed by atoms with Crippen molar-refractivity contribution in [3.63, 3.8) is 0 Å². The number of benzene rings is 3. The van der Waals surface area contributed by atoms with Gasteiger partial charge in [-0.15, -0.1) is 59.7 Å². The Morgan fingerprint density at radius 2 is 1.70 bits per heavy atom. The minimum atomic E-state index is -2.45. The number of thiophene rings is 1. The van der Waals surface area contributed by atoms with Gasteiger partial charge in [-0.2, -0.15) is 11.3 Å². The Bertz CT molecular complexity index is 1650. The molecule has 1 radical (unpaired) electrons. The third kappa shape index (κ3) is 5.09. The Balaban J connectivity index is 0.000000218. The van der Waals surface area contributed by atoms with E-state index in [9.17, 15) is 0 Å². The quantitative estimate of drug-likeness (QED) is 0.184. The molecule has 0 saturated heterocycles. The Hall–Kier alpha value is -3.17. The van der Waals surface area contributed by atoms with Crippen LogP contribution in [0.15, 0.2) is 103 Å². The van der Waals surface area contributed by atoms with Gasteiger partial charge >= 0.3 is 0 Å². The summed E-state index contributed by atoms with van der Waals surface area (Å²) in [6.07, 6.45) is 2.97. The van der Waals surface area contributed by atoms with Crippen LogP contribution in [-0.4, -0.2) is 9.97 Å². The molecule has 0 N–H and O–H groups in total. The molecule has 0 spiro atoms. The molecule has 0 saturated carbocycles. The maximum Gasteiger partial charge on any atom is 0.0618 e. The number of hydrogen-bond acceptors (Lipinski definition) is 3. The van der Waals surface area contributed by atoms with Crippen molar-refractivity contribution in [2.75, 3.05) is 0 Å². The summed E-state index contributed by atoms with van der Waals surface area (Å²) >= 11 is 1.58. The molecule has 6 aromatic rings. The van der Waals surface area contributed by atoms with Gasteiger partial charge in [-0.25, -0.2) is 0 Å². The minimum Gasteiger partial charge on any atom is -0.305 e. The molecule has 33 heavy (non-hydrogen) atoms. The van der Waals surface area contributed by atoms with Gasteiger partial charge in [0, 0.05) is 41.3 Å². The third-order valence-corrected chi connectivity index (χ3v) is 6.07. The average Bonchev–Trinajstić information content (AvgIpc) is 3.30. The maximum atomic E-state index is 8.25. The summed E-state index contributed by atoms with van der Waals surface area (Å²) in [4.78, 5) is 8.42. The van der Waals surface area contributed by atoms with Crippen LogP contribution < -0.4 is 0 Å². The van der Waals surface area contributed by atoms with E-state index < -0.39 is 6.85 Å². The van der Waals surface area contributed by atoms with E-state index in [0.29, 0.717) is 5.56 Å². The molecule has 163 valence electrons. The van der Waals surface area contributed by atoms with Gasteiger partial charge in [-0.05, 0) is 46.0 Å². The summed E-state index contributed by atoms with van der Waals surface area (Å²) in [5.41, 5.74) is 2.73. The summed E-state index contributed by atoms with van der Waals surface area (Å²) in [5.74, 6) is 0. The molecule has 0 aliphatic carbocycles. The zero-order valence-corrected chi connectivity index (χ0v) is 20.5. The number of aryl methyl sites for hydroxylation is 1. The van der Waals surface area contributed by atoms with E-state index in [-0.39, 0.29) is 43.4 Å². The van der Waals surface area contributed by atoms with Gasteiger partial charge in [-0.3, -0.25) is 0 Å². The Morgan fingerprint density at radius 3 is 2.52 bits per heavy atom. The number of hydrogen-bond donors (Lipinski definition) is 0. The minimum absolute atomic E-state index is 0. The van der Waals surface area contributed by atoms with E-state index in [1.54, 1.807) is 23.6 Å². The van der Waals surface area contributed by atoms with Gasteiger partial charge in [0.2, 0.25) is 0 Å². The fourth-order valence-electron chi connectivity index (χ4n) is 3.39. The van der Waals surface area contributed by atoms with Crippen molar-refractivity contribution in [3.8, 4) is 22.5 Å². The molecule has 0 atom stereocenters. The van der Waals surface area contributed by atoms with Crippen LogP contribution in [0.25, 0.3) is 42.7 Å². The van der Waals surface area contributed by atoms with Crippen LogP contribution >= 0.6 is 11.3 Å². The average molecular weight is 626 g/mol. The molecular weight excluding hydrogens is 601 g/mol. The van der Waals surface area contributed by atoms with Crippen LogP contribution in [0.5, 0.6) is 0 Å². The van der Waals surface area contributed by atoms with E-state index in [4.69, 9.17) is 6.85 Å². The summed E-state index contributed by atoms with van der Waals surface area (Å²) in [6, 6.07) is 31.2. The molecule has 0 aliphatic heterocycles. The van der Waals surface area contributed by atoms with Gasteiger partial charge in [0.05, 0.1) is 2.74 Å². The first-order chi connectivity index (χ1) is 17.8. The number of rotatable bonds is 2. The molecular formula is C29H20IrN2S-2. The predicted octanol–water partition coefficient (Wildman–Crippen LogP) is 7.77. The number of fused-ring (bicyclic) bond motifs is 3. The molecule has 3 aromatic carbocycles. The second kappa shape index (κ2) is 10.6. The van der Waals surface area contributed by atoms with Crippen LogP contribution in [0.3, 0.4) is 0 Å². The van der Waals surface area contributed by atoms with E-state index in [1.165, 1.54) is 6.20 Å². The largest absolute Gasteiger partial charge is 0.305 e. The zero-order valence-electron chi connectivity index (χ0n) is 22.3. The second-order valence-corrected chi connectivity index (χ2v) is 8.01. The SMILES string of the molecule is [2H]c1c(C([2H])([2H])[2H])cnc(-c2[c-]ccc3c2sc2ccccc23)c1[2H].[Ir].[c-]1ccccc1-c1ccccn1. The molecule has 3 aromatic heterocycles. The second-order valence-electron chi connectivity index (χ2n) is 6.96. The monoisotopic (exact) mass is 626 g/mol. The number of nitrogens with zero attached hydrogens (tertiary/aromatic N) is 2. The Labute approximate surface area is 218 Å². The molecule has 0 unspecified atom stereocenters. The zero-order chi connectivity index (χ0) is 26.0. The molecule has 0 bridgehead atoms. The van der Waals surface area contributed by atoms with Gasteiger partial charge in [0.25, 0.3) is 0 Å². The van der Waals surface area contributed by atoms with Gasteiger partial charge in [0.15, 0.2) is 0 Å². The summed E-state index contributed by atoms with van der Waals surface area (Å²) in [6.45, 7) is -2.45. The van der Waals surface area contributed by atoms with Gasteiger partial charge in [0.1, 0.15) is 0 Å². The molecule has 6 rings (SSSR count). The number of aromatic nitrogens is 2. The van der Waals surface area contributed by atoms with Crippen LogP contribution in [0, 0.1) is 19.0 Å². The summed E-state index contributed by atoms with van der Waals surface area (Å²) < 4.78 is 40.8. The molecule has 0 amide bonds. The molecule has 3 heterocycles. The Morgan fingerprint density at radius 1 is 0.818 bits per heavy atom. The van der Waals surface area contributed by atoms with E-state index >= 15 is 0 Å². The fraction of sp³-hybridized carbons (Fsp3) is 0.0345. The Kier molecular flexibility index (Phi) is 5.58. The van der Waals surface area contributed by atoms with Crippen molar-refractivity contribution < 1.29 is 27.0 Å². The summed E-state index contributed by atoms with van der Waals surface area (Å²) in [5, 5.41) is 2.16. The van der Waals surface area contributed by atoms with Crippen LogP contribution in [-0.2, 0) is 20.1 Å². The first kappa shape index (κ1) is 17.3. The predicted molar refractivity (Wildman–Crippen MR) is 135 cm³/mol. The first-order valence-electron chi connectivity index (χ1n) is 12.5. The topological polar surface area (TPSA) is 25.8 Å². The molecule has 2 nitrogen and oxygen atoms in total. The maximum absolute atomic E-state index is 8.25. The normalized spacial score (nSPS) is 12.9. The van der Waals surface area contributed by atoms with Crippen molar-refractivity contribution in [2.24, 2.45) is 0 Å². The smallest absolute Gasteiger partial charge is 0.0618 e. The van der Waals surface area contributed by atoms with E-state index in [1.807, 2.05) is 72.8 Å². The van der Waals surface area contributed by atoms with Gasteiger partial charge < -0.3 is 9.97 Å². The van der Waals surface area contributed by atoms with Crippen molar-refractivity contribution >= 4 is 31.5 Å². The molecule has 0 aliphatic rings. The van der Waals surface area contributed by atoms with Crippen molar-refractivity contribution in [2.45, 2.75) is 6.85 Å². The number of pyridine rings is 2. The summed E-state index contributed by atoms with van der Waals surface area (Å²) in [7, 11) is 0. The van der Waals surface area contributed by atoms with Crippen molar-refractivity contribution in [1.82, 2.24) is 9.97 Å². The fourth-order valence-corrected chi connectivity index (χ4v) is 4.59. The third-order valence-electron chi connectivity index (χ3n) is 4.86. The van der Waals surface area contributed by atoms with Gasteiger partial charge in [-0.1, -0.05) is 47.8 Å².